The van der Waals surface area contributed by atoms with Crippen molar-refractivity contribution in [3.05, 3.63) is 0 Å². The van der Waals surface area contributed by atoms with E-state index in [1.165, 1.54) is 12.8 Å². The van der Waals surface area contributed by atoms with Gasteiger partial charge < -0.3 is 10.6 Å². The summed E-state index contributed by atoms with van der Waals surface area (Å²) in [5, 5.41) is 6.22. The van der Waals surface area contributed by atoms with E-state index in [4.69, 9.17) is 0 Å². The molecule has 2 N–H and O–H groups in total. The second-order valence-corrected chi connectivity index (χ2v) is 4.28. The van der Waals surface area contributed by atoms with Gasteiger partial charge in [-0.2, -0.15) is 13.2 Å². The standard InChI is InChI=1S/C10H19F3N2/c1-8(6-10(11,12)13)15-7-9-4-2-3-5-14-9/h8-9,14-15H,2-7H2,1H3. The van der Waals surface area contributed by atoms with Gasteiger partial charge in [0.05, 0.1) is 6.42 Å². The maximum Gasteiger partial charge on any atom is 0.390 e. The molecule has 2 nitrogen and oxygen atoms in total. The number of nitrogens with one attached hydrogen (secondary N) is 2. The van der Waals surface area contributed by atoms with Crippen LogP contribution >= 0.6 is 0 Å². The average molecular weight is 224 g/mol. The molecule has 1 aliphatic rings. The number of hydrogen-bond acceptors (Lipinski definition) is 2. The summed E-state index contributed by atoms with van der Waals surface area (Å²) in [4.78, 5) is 0. The summed E-state index contributed by atoms with van der Waals surface area (Å²) < 4.78 is 36.0. The summed E-state index contributed by atoms with van der Waals surface area (Å²) >= 11 is 0. The highest BCUT2D eigenvalue weighted by atomic mass is 19.4. The van der Waals surface area contributed by atoms with Gasteiger partial charge in [0.1, 0.15) is 0 Å². The van der Waals surface area contributed by atoms with E-state index in [2.05, 4.69) is 10.6 Å². The predicted octanol–water partition coefficient (Wildman–Crippen LogP) is 2.06. The fourth-order valence-corrected chi connectivity index (χ4v) is 1.86. The van der Waals surface area contributed by atoms with Gasteiger partial charge in [-0.3, -0.25) is 0 Å². The molecule has 0 saturated carbocycles. The quantitative estimate of drug-likeness (QED) is 0.763. The molecule has 0 aliphatic carbocycles. The zero-order valence-electron chi connectivity index (χ0n) is 9.03. The Hall–Kier alpha value is -0.290. The van der Waals surface area contributed by atoms with Gasteiger partial charge in [-0.25, -0.2) is 0 Å². The van der Waals surface area contributed by atoms with Crippen LogP contribution in [0.25, 0.3) is 0 Å². The van der Waals surface area contributed by atoms with E-state index in [-0.39, 0.29) is 0 Å². The van der Waals surface area contributed by atoms with Gasteiger partial charge in [0, 0.05) is 18.6 Å². The van der Waals surface area contributed by atoms with E-state index in [1.54, 1.807) is 6.92 Å². The number of rotatable bonds is 4. The summed E-state index contributed by atoms with van der Waals surface area (Å²) in [7, 11) is 0. The van der Waals surface area contributed by atoms with Gasteiger partial charge in [0.2, 0.25) is 0 Å². The molecule has 0 aromatic rings. The third-order valence-electron chi connectivity index (χ3n) is 2.66. The van der Waals surface area contributed by atoms with E-state index in [1.807, 2.05) is 0 Å². The first kappa shape index (κ1) is 12.8. The average Bonchev–Trinajstić information content (AvgIpc) is 2.14. The van der Waals surface area contributed by atoms with Gasteiger partial charge in [-0.1, -0.05) is 6.42 Å². The lowest BCUT2D eigenvalue weighted by Gasteiger charge is -2.25. The highest BCUT2D eigenvalue weighted by Crippen LogP contribution is 2.21. The fourth-order valence-electron chi connectivity index (χ4n) is 1.86. The van der Waals surface area contributed by atoms with Crippen molar-refractivity contribution in [2.45, 2.75) is 50.9 Å². The Labute approximate surface area is 88.6 Å². The van der Waals surface area contributed by atoms with Crippen LogP contribution in [-0.4, -0.2) is 31.3 Å². The Bertz CT molecular complexity index is 176. The summed E-state index contributed by atoms with van der Waals surface area (Å²) in [6.07, 6.45) is -1.40. The Kier molecular flexibility index (Phi) is 4.86. The lowest BCUT2D eigenvalue weighted by atomic mass is 10.0. The number of piperidine rings is 1. The molecule has 5 heteroatoms. The first-order valence-corrected chi connectivity index (χ1v) is 5.51. The lowest BCUT2D eigenvalue weighted by Crippen LogP contribution is -2.44. The molecule has 0 aromatic carbocycles. The van der Waals surface area contributed by atoms with Crippen molar-refractivity contribution in [2.75, 3.05) is 13.1 Å². The third-order valence-corrected chi connectivity index (χ3v) is 2.66. The van der Waals surface area contributed by atoms with Crippen LogP contribution in [0.3, 0.4) is 0 Å². The minimum atomic E-state index is -4.06. The highest BCUT2D eigenvalue weighted by Gasteiger charge is 2.29. The second kappa shape index (κ2) is 5.70. The van der Waals surface area contributed by atoms with Crippen molar-refractivity contribution in [3.63, 3.8) is 0 Å². The van der Waals surface area contributed by atoms with Crippen molar-refractivity contribution in [3.8, 4) is 0 Å². The molecule has 1 rings (SSSR count). The molecule has 0 radical (unpaired) electrons. The molecule has 2 atom stereocenters. The molecule has 0 spiro atoms. The molecule has 2 unspecified atom stereocenters. The van der Waals surface area contributed by atoms with E-state index >= 15 is 0 Å². The molecule has 1 fully saturated rings. The van der Waals surface area contributed by atoms with Gasteiger partial charge in [0.15, 0.2) is 0 Å². The summed E-state index contributed by atoms with van der Waals surface area (Å²) in [6.45, 7) is 3.20. The molecule has 15 heavy (non-hydrogen) atoms. The van der Waals surface area contributed by atoms with E-state index < -0.39 is 18.6 Å². The minimum absolute atomic E-state index is 0.342. The van der Waals surface area contributed by atoms with Crippen molar-refractivity contribution in [2.24, 2.45) is 0 Å². The summed E-state index contributed by atoms with van der Waals surface area (Å²) in [5.74, 6) is 0. The topological polar surface area (TPSA) is 24.1 Å². The van der Waals surface area contributed by atoms with Crippen LogP contribution in [0.1, 0.15) is 32.6 Å². The van der Waals surface area contributed by atoms with Gasteiger partial charge in [0.25, 0.3) is 0 Å². The molecule has 90 valence electrons. The zero-order valence-corrected chi connectivity index (χ0v) is 9.03. The first-order valence-electron chi connectivity index (χ1n) is 5.51. The van der Waals surface area contributed by atoms with Crippen molar-refractivity contribution >= 4 is 0 Å². The van der Waals surface area contributed by atoms with E-state index in [0.717, 1.165) is 13.0 Å². The number of halogens is 3. The van der Waals surface area contributed by atoms with Gasteiger partial charge in [-0.05, 0) is 26.3 Å². The first-order chi connectivity index (χ1) is 6.97. The Morgan fingerprint density at radius 2 is 2.13 bits per heavy atom. The van der Waals surface area contributed by atoms with E-state index in [0.29, 0.717) is 12.6 Å². The molecular formula is C10H19F3N2. The zero-order chi connectivity index (χ0) is 11.3. The molecule has 1 saturated heterocycles. The van der Waals surface area contributed by atoms with Crippen LogP contribution in [0.5, 0.6) is 0 Å². The van der Waals surface area contributed by atoms with Crippen molar-refractivity contribution in [1.82, 2.24) is 10.6 Å². The predicted molar refractivity (Wildman–Crippen MR) is 53.8 cm³/mol. The maximum atomic E-state index is 12.0. The largest absolute Gasteiger partial charge is 0.390 e. The second-order valence-electron chi connectivity index (χ2n) is 4.28. The molecule has 0 aromatic heterocycles. The Morgan fingerprint density at radius 1 is 1.40 bits per heavy atom. The Balaban J connectivity index is 2.12. The smallest absolute Gasteiger partial charge is 0.313 e. The van der Waals surface area contributed by atoms with Crippen LogP contribution in [-0.2, 0) is 0 Å². The van der Waals surface area contributed by atoms with Crippen molar-refractivity contribution < 1.29 is 13.2 Å². The summed E-state index contributed by atoms with van der Waals surface area (Å²) in [5.41, 5.74) is 0. The van der Waals surface area contributed by atoms with Crippen LogP contribution in [0.2, 0.25) is 0 Å². The van der Waals surface area contributed by atoms with Gasteiger partial charge >= 0.3 is 6.18 Å². The SMILES string of the molecule is CC(CC(F)(F)F)NCC1CCCCN1. The van der Waals surface area contributed by atoms with Gasteiger partial charge in [-0.15, -0.1) is 0 Å². The molecule has 0 bridgehead atoms. The number of hydrogen-bond donors (Lipinski definition) is 2. The maximum absolute atomic E-state index is 12.0. The minimum Gasteiger partial charge on any atom is -0.313 e. The molecule has 0 amide bonds. The van der Waals surface area contributed by atoms with E-state index in [9.17, 15) is 13.2 Å². The normalized spacial score (nSPS) is 25.2. The fraction of sp³-hybridized carbons (Fsp3) is 1.00. The van der Waals surface area contributed by atoms with Crippen molar-refractivity contribution in [1.29, 1.82) is 0 Å². The highest BCUT2D eigenvalue weighted by molar-refractivity contribution is 4.76. The summed E-state index contributed by atoms with van der Waals surface area (Å²) in [6, 6.07) is -0.150. The Morgan fingerprint density at radius 3 is 2.67 bits per heavy atom. The molecular weight excluding hydrogens is 205 g/mol. The third kappa shape index (κ3) is 5.99. The number of alkyl halides is 3. The van der Waals surface area contributed by atoms with Crippen LogP contribution in [0.4, 0.5) is 13.2 Å². The van der Waals surface area contributed by atoms with Crippen LogP contribution in [0, 0.1) is 0 Å². The van der Waals surface area contributed by atoms with Crippen LogP contribution in [0.15, 0.2) is 0 Å². The lowest BCUT2D eigenvalue weighted by molar-refractivity contribution is -0.139. The van der Waals surface area contributed by atoms with Crippen LogP contribution < -0.4 is 10.6 Å². The molecule has 1 heterocycles. The monoisotopic (exact) mass is 224 g/mol. The molecule has 1 aliphatic heterocycles.